The Balaban J connectivity index is 2.15. The molecule has 0 aromatic carbocycles. The maximum atomic E-state index is 13.4. The lowest BCUT2D eigenvalue weighted by Crippen LogP contribution is -2.43. The van der Waals surface area contributed by atoms with Gasteiger partial charge in [-0.15, -0.1) is 0 Å². The monoisotopic (exact) mass is 401 g/mol. The Bertz CT molecular complexity index is 919. The van der Waals surface area contributed by atoms with Crippen LogP contribution in [0.5, 0.6) is 0 Å². The van der Waals surface area contributed by atoms with Crippen molar-refractivity contribution in [1.82, 2.24) is 5.32 Å². The Hall–Kier alpha value is -2.83. The van der Waals surface area contributed by atoms with Gasteiger partial charge < -0.3 is 19.2 Å². The first kappa shape index (κ1) is 20.9. The van der Waals surface area contributed by atoms with Crippen LogP contribution in [-0.2, 0) is 23.9 Å². The summed E-state index contributed by atoms with van der Waals surface area (Å²) in [5, 5.41) is 3.21. The lowest BCUT2D eigenvalue weighted by molar-refractivity contribution is -0.151. The minimum atomic E-state index is -0.917. The van der Waals surface area contributed by atoms with Crippen LogP contribution in [0.15, 0.2) is 39.1 Å². The molecule has 7 heteroatoms. The van der Waals surface area contributed by atoms with Crippen LogP contribution in [0.25, 0.3) is 0 Å². The average Bonchev–Trinajstić information content (AvgIpc) is 3.05. The zero-order valence-corrected chi connectivity index (χ0v) is 17.6. The number of rotatable bonds is 4. The molecule has 29 heavy (non-hydrogen) atoms. The number of dihydropyridines is 1. The third kappa shape index (κ3) is 3.73. The van der Waals surface area contributed by atoms with Crippen molar-refractivity contribution in [3.05, 3.63) is 46.2 Å². The molecule has 1 aliphatic heterocycles. The SMILES string of the molecule is COC(=O)[C@@H]1C(=O)C2=C(C[C@H]1C)NC(C)=C(C(=O)OC(C)C)[C@@H]2c1ccc(C)o1. The Morgan fingerprint density at radius 1 is 1.24 bits per heavy atom. The number of esters is 2. The van der Waals surface area contributed by atoms with E-state index in [0.717, 1.165) is 0 Å². The van der Waals surface area contributed by atoms with E-state index in [1.807, 2.05) is 6.92 Å². The minimum Gasteiger partial charge on any atom is -0.468 e. The number of nitrogens with one attached hydrogen (secondary N) is 1. The van der Waals surface area contributed by atoms with Crippen LogP contribution < -0.4 is 5.32 Å². The first-order chi connectivity index (χ1) is 13.6. The van der Waals surface area contributed by atoms with Crippen molar-refractivity contribution in [2.75, 3.05) is 7.11 Å². The molecule has 0 radical (unpaired) electrons. The zero-order valence-electron chi connectivity index (χ0n) is 17.6. The van der Waals surface area contributed by atoms with Crippen molar-refractivity contribution in [2.45, 2.75) is 53.1 Å². The molecule has 1 N–H and O–H groups in total. The maximum absolute atomic E-state index is 13.4. The van der Waals surface area contributed by atoms with Crippen LogP contribution in [0, 0.1) is 18.8 Å². The Morgan fingerprint density at radius 3 is 2.48 bits per heavy atom. The van der Waals surface area contributed by atoms with Gasteiger partial charge in [-0.1, -0.05) is 6.92 Å². The van der Waals surface area contributed by atoms with Crippen molar-refractivity contribution in [3.63, 3.8) is 0 Å². The molecule has 0 saturated carbocycles. The fraction of sp³-hybridized carbons (Fsp3) is 0.500. The topological polar surface area (TPSA) is 94.8 Å². The summed E-state index contributed by atoms with van der Waals surface area (Å²) in [4.78, 5) is 38.7. The Labute approximate surface area is 170 Å². The number of hydrogen-bond donors (Lipinski definition) is 1. The highest BCUT2D eigenvalue weighted by Crippen LogP contribution is 2.45. The number of hydrogen-bond acceptors (Lipinski definition) is 7. The molecule has 2 heterocycles. The summed E-state index contributed by atoms with van der Waals surface area (Å²) in [5.41, 5.74) is 2.01. The third-order valence-electron chi connectivity index (χ3n) is 5.35. The molecule has 0 bridgehead atoms. The predicted molar refractivity (Wildman–Crippen MR) is 105 cm³/mol. The lowest BCUT2D eigenvalue weighted by atomic mass is 9.70. The normalized spacial score (nSPS) is 24.4. The first-order valence-electron chi connectivity index (χ1n) is 9.75. The van der Waals surface area contributed by atoms with E-state index in [-0.39, 0.29) is 17.8 Å². The van der Waals surface area contributed by atoms with Gasteiger partial charge in [0, 0.05) is 17.0 Å². The highest BCUT2D eigenvalue weighted by molar-refractivity contribution is 6.12. The van der Waals surface area contributed by atoms with E-state index in [1.165, 1.54) is 7.11 Å². The van der Waals surface area contributed by atoms with Gasteiger partial charge in [0.1, 0.15) is 17.4 Å². The van der Waals surface area contributed by atoms with Crippen LogP contribution in [0.4, 0.5) is 0 Å². The van der Waals surface area contributed by atoms with Crippen molar-refractivity contribution in [1.29, 1.82) is 0 Å². The molecule has 0 fully saturated rings. The molecule has 1 aromatic heterocycles. The van der Waals surface area contributed by atoms with Crippen LogP contribution in [-0.4, -0.2) is 30.9 Å². The zero-order chi connectivity index (χ0) is 21.5. The first-order valence-corrected chi connectivity index (χ1v) is 9.75. The second-order valence-corrected chi connectivity index (χ2v) is 7.94. The van der Waals surface area contributed by atoms with E-state index in [9.17, 15) is 14.4 Å². The molecule has 1 aromatic rings. The maximum Gasteiger partial charge on any atom is 0.337 e. The van der Waals surface area contributed by atoms with Crippen LogP contribution in [0.3, 0.4) is 0 Å². The number of carbonyl (C=O) groups is 3. The van der Waals surface area contributed by atoms with Crippen molar-refractivity contribution in [3.8, 4) is 0 Å². The van der Waals surface area contributed by atoms with Gasteiger partial charge in [-0.2, -0.15) is 0 Å². The number of ether oxygens (including phenoxy) is 2. The van der Waals surface area contributed by atoms with Gasteiger partial charge in [0.15, 0.2) is 5.78 Å². The Kier molecular flexibility index (Phi) is 5.68. The summed E-state index contributed by atoms with van der Waals surface area (Å²) < 4.78 is 16.2. The number of ketones is 1. The summed E-state index contributed by atoms with van der Waals surface area (Å²) >= 11 is 0. The Morgan fingerprint density at radius 2 is 1.93 bits per heavy atom. The number of furan rings is 1. The molecule has 3 atom stereocenters. The summed E-state index contributed by atoms with van der Waals surface area (Å²) in [6.07, 6.45) is 0.169. The van der Waals surface area contributed by atoms with Gasteiger partial charge in [-0.05, 0) is 52.2 Å². The number of allylic oxidation sites excluding steroid dienone is 3. The summed E-state index contributed by atoms with van der Waals surface area (Å²) in [6.45, 7) is 8.96. The van der Waals surface area contributed by atoms with E-state index < -0.39 is 23.8 Å². The molecule has 156 valence electrons. The highest BCUT2D eigenvalue weighted by atomic mass is 16.5. The van der Waals surface area contributed by atoms with E-state index in [1.54, 1.807) is 39.8 Å². The highest BCUT2D eigenvalue weighted by Gasteiger charge is 2.48. The molecule has 0 spiro atoms. The summed E-state index contributed by atoms with van der Waals surface area (Å²) in [5.74, 6) is -2.18. The minimum absolute atomic E-state index is 0.225. The predicted octanol–water partition coefficient (Wildman–Crippen LogP) is 3.15. The fourth-order valence-electron chi connectivity index (χ4n) is 4.12. The average molecular weight is 401 g/mol. The lowest BCUT2D eigenvalue weighted by Gasteiger charge is -2.37. The molecular formula is C22H27NO6. The molecule has 3 rings (SSSR count). The molecule has 2 aliphatic rings. The smallest absolute Gasteiger partial charge is 0.337 e. The standard InChI is InChI=1S/C22H27NO6/c1-10(2)28-22(26)17-13(5)23-14-9-11(3)16(21(25)27-6)20(24)18(14)19(17)15-8-7-12(4)29-15/h7-8,10-11,16,19,23H,9H2,1-6H3/t11-,16+,19+/m1/s1. The van der Waals surface area contributed by atoms with E-state index in [4.69, 9.17) is 13.9 Å². The molecule has 0 saturated heterocycles. The van der Waals surface area contributed by atoms with Gasteiger partial charge in [0.05, 0.1) is 24.7 Å². The molecule has 0 unspecified atom stereocenters. The third-order valence-corrected chi connectivity index (χ3v) is 5.35. The largest absolute Gasteiger partial charge is 0.468 e. The van der Waals surface area contributed by atoms with Gasteiger partial charge in [0.25, 0.3) is 0 Å². The van der Waals surface area contributed by atoms with Crippen LogP contribution in [0.2, 0.25) is 0 Å². The summed E-state index contributed by atoms with van der Waals surface area (Å²) in [6, 6.07) is 3.54. The number of methoxy groups -OCH3 is 1. The summed E-state index contributed by atoms with van der Waals surface area (Å²) in [7, 11) is 1.27. The molecule has 7 nitrogen and oxygen atoms in total. The van der Waals surface area contributed by atoms with Gasteiger partial charge in [-0.25, -0.2) is 4.79 Å². The van der Waals surface area contributed by atoms with E-state index >= 15 is 0 Å². The molecular weight excluding hydrogens is 374 g/mol. The second kappa shape index (κ2) is 7.89. The van der Waals surface area contributed by atoms with Gasteiger partial charge >= 0.3 is 11.9 Å². The van der Waals surface area contributed by atoms with Crippen LogP contribution in [0.1, 0.15) is 51.6 Å². The van der Waals surface area contributed by atoms with Crippen molar-refractivity contribution >= 4 is 17.7 Å². The number of carbonyl (C=O) groups excluding carboxylic acids is 3. The fourth-order valence-corrected chi connectivity index (χ4v) is 4.12. The van der Waals surface area contributed by atoms with Gasteiger partial charge in [-0.3, -0.25) is 9.59 Å². The van der Waals surface area contributed by atoms with Crippen molar-refractivity contribution in [2.24, 2.45) is 11.8 Å². The van der Waals surface area contributed by atoms with Crippen molar-refractivity contribution < 1.29 is 28.3 Å². The molecule has 0 amide bonds. The van der Waals surface area contributed by atoms with Gasteiger partial charge in [0.2, 0.25) is 0 Å². The quantitative estimate of drug-likeness (QED) is 0.612. The number of Topliss-reactive ketones (excluding diaryl/α,β-unsaturated/α-hetero) is 1. The number of aryl methyl sites for hydroxylation is 1. The molecule has 1 aliphatic carbocycles. The second-order valence-electron chi connectivity index (χ2n) is 7.94. The van der Waals surface area contributed by atoms with E-state index in [0.29, 0.717) is 40.5 Å². The van der Waals surface area contributed by atoms with Crippen LogP contribution >= 0.6 is 0 Å². The van der Waals surface area contributed by atoms with E-state index in [2.05, 4.69) is 5.32 Å².